The quantitative estimate of drug-likeness (QED) is 0.912. The Morgan fingerprint density at radius 1 is 1.38 bits per heavy atom. The highest BCUT2D eigenvalue weighted by Crippen LogP contribution is 2.36. The van der Waals surface area contributed by atoms with Crippen molar-refractivity contribution in [1.82, 2.24) is 4.90 Å². The fraction of sp³-hybridized carbons (Fsp3) is 0.533. The smallest absolute Gasteiger partial charge is 0.391 e. The van der Waals surface area contributed by atoms with Gasteiger partial charge in [-0.25, -0.2) is 0 Å². The summed E-state index contributed by atoms with van der Waals surface area (Å²) >= 11 is 0. The summed E-state index contributed by atoms with van der Waals surface area (Å²) in [5.74, 6) is -0.744. The largest absolute Gasteiger partial charge is 0.416 e. The molecule has 1 aromatic carbocycles. The minimum Gasteiger partial charge on any atom is -0.391 e. The van der Waals surface area contributed by atoms with Crippen molar-refractivity contribution in [3.63, 3.8) is 0 Å². The summed E-state index contributed by atoms with van der Waals surface area (Å²) in [7, 11) is 0. The van der Waals surface area contributed by atoms with E-state index in [4.69, 9.17) is 0 Å². The van der Waals surface area contributed by atoms with Crippen LogP contribution in [0.5, 0.6) is 0 Å². The van der Waals surface area contributed by atoms with Crippen LogP contribution in [-0.4, -0.2) is 35.1 Å². The van der Waals surface area contributed by atoms with Crippen molar-refractivity contribution in [2.75, 3.05) is 13.1 Å². The van der Waals surface area contributed by atoms with Gasteiger partial charge >= 0.3 is 6.18 Å². The zero-order valence-electron chi connectivity index (χ0n) is 11.9. The number of rotatable bonds is 2. The standard InChI is InChI=1S/C15H18F3NO2/c1-9(2)12-4-3-10(7-13(12)15(16,17)18)14(21)19-6-5-11(20)8-19/h3-4,7,9,11,20H,5-6,8H2,1-2H3/t11-/m0/s1. The second-order valence-corrected chi connectivity index (χ2v) is 5.65. The first-order chi connectivity index (χ1) is 9.70. The first-order valence-electron chi connectivity index (χ1n) is 6.88. The summed E-state index contributed by atoms with van der Waals surface area (Å²) in [5, 5.41) is 9.42. The van der Waals surface area contributed by atoms with Crippen LogP contribution >= 0.6 is 0 Å². The fourth-order valence-corrected chi connectivity index (χ4v) is 2.55. The number of nitrogens with zero attached hydrogens (tertiary/aromatic N) is 1. The van der Waals surface area contributed by atoms with Crippen molar-refractivity contribution in [2.45, 2.75) is 38.5 Å². The lowest BCUT2D eigenvalue weighted by Crippen LogP contribution is -2.30. The summed E-state index contributed by atoms with van der Waals surface area (Å²) in [6, 6.07) is 3.72. The number of aliphatic hydroxyl groups excluding tert-OH is 1. The topological polar surface area (TPSA) is 40.5 Å². The van der Waals surface area contributed by atoms with Gasteiger partial charge < -0.3 is 10.0 Å². The number of aliphatic hydroxyl groups is 1. The number of amides is 1. The van der Waals surface area contributed by atoms with E-state index >= 15 is 0 Å². The van der Waals surface area contributed by atoms with Crippen LogP contribution in [0.4, 0.5) is 13.2 Å². The van der Waals surface area contributed by atoms with Gasteiger partial charge in [-0.2, -0.15) is 13.2 Å². The number of halogens is 3. The third-order valence-electron chi connectivity index (χ3n) is 3.68. The van der Waals surface area contributed by atoms with Crippen molar-refractivity contribution in [3.05, 3.63) is 34.9 Å². The lowest BCUT2D eigenvalue weighted by molar-refractivity contribution is -0.138. The van der Waals surface area contributed by atoms with Crippen LogP contribution < -0.4 is 0 Å². The molecule has 1 heterocycles. The predicted molar refractivity (Wildman–Crippen MR) is 72.1 cm³/mol. The molecule has 2 rings (SSSR count). The molecule has 1 aliphatic rings. The maximum absolute atomic E-state index is 13.1. The maximum atomic E-state index is 13.1. The SMILES string of the molecule is CC(C)c1ccc(C(=O)N2CC[C@H](O)C2)cc1C(F)(F)F. The van der Waals surface area contributed by atoms with E-state index in [9.17, 15) is 23.1 Å². The second kappa shape index (κ2) is 5.67. The van der Waals surface area contributed by atoms with Gasteiger partial charge in [0, 0.05) is 18.7 Å². The van der Waals surface area contributed by atoms with Crippen molar-refractivity contribution >= 4 is 5.91 Å². The van der Waals surface area contributed by atoms with Crippen LogP contribution in [0.3, 0.4) is 0 Å². The molecule has 0 aromatic heterocycles. The van der Waals surface area contributed by atoms with Gasteiger partial charge in [-0.3, -0.25) is 4.79 Å². The molecule has 0 bridgehead atoms. The maximum Gasteiger partial charge on any atom is 0.416 e. The molecule has 1 atom stereocenters. The number of carbonyl (C=O) groups is 1. The molecule has 1 fully saturated rings. The van der Waals surface area contributed by atoms with Gasteiger partial charge in [0.15, 0.2) is 0 Å². The molecule has 1 saturated heterocycles. The molecule has 1 amide bonds. The summed E-state index contributed by atoms with van der Waals surface area (Å²) in [6.07, 6.45) is -4.62. The Morgan fingerprint density at radius 2 is 2.05 bits per heavy atom. The first-order valence-corrected chi connectivity index (χ1v) is 6.88. The molecule has 116 valence electrons. The van der Waals surface area contributed by atoms with Crippen molar-refractivity contribution < 1.29 is 23.1 Å². The summed E-state index contributed by atoms with van der Waals surface area (Å²) < 4.78 is 39.4. The normalized spacial score (nSPS) is 19.4. The highest BCUT2D eigenvalue weighted by Gasteiger charge is 2.35. The van der Waals surface area contributed by atoms with Gasteiger partial charge in [-0.05, 0) is 30.0 Å². The van der Waals surface area contributed by atoms with Crippen LogP contribution in [0, 0.1) is 0 Å². The monoisotopic (exact) mass is 301 g/mol. The van der Waals surface area contributed by atoms with Crippen LogP contribution in [0.1, 0.15) is 47.7 Å². The highest BCUT2D eigenvalue weighted by molar-refractivity contribution is 5.94. The number of hydrogen-bond donors (Lipinski definition) is 1. The van der Waals surface area contributed by atoms with E-state index in [1.54, 1.807) is 13.8 Å². The second-order valence-electron chi connectivity index (χ2n) is 5.65. The number of hydrogen-bond acceptors (Lipinski definition) is 2. The predicted octanol–water partition coefficient (Wildman–Crippen LogP) is 3.04. The average molecular weight is 301 g/mol. The van der Waals surface area contributed by atoms with Gasteiger partial charge in [-0.15, -0.1) is 0 Å². The molecular weight excluding hydrogens is 283 g/mol. The minimum atomic E-state index is -4.49. The Kier molecular flexibility index (Phi) is 4.27. The van der Waals surface area contributed by atoms with Gasteiger partial charge in [0.25, 0.3) is 5.91 Å². The summed E-state index contributed by atoms with van der Waals surface area (Å²) in [5.41, 5.74) is -0.565. The van der Waals surface area contributed by atoms with Gasteiger partial charge in [0.1, 0.15) is 0 Å². The van der Waals surface area contributed by atoms with E-state index in [2.05, 4.69) is 0 Å². The zero-order valence-corrected chi connectivity index (χ0v) is 11.9. The lowest BCUT2D eigenvalue weighted by Gasteiger charge is -2.19. The third kappa shape index (κ3) is 3.37. The van der Waals surface area contributed by atoms with E-state index in [0.29, 0.717) is 13.0 Å². The number of alkyl halides is 3. The van der Waals surface area contributed by atoms with E-state index in [1.165, 1.54) is 17.0 Å². The molecule has 0 radical (unpaired) electrons. The molecule has 0 spiro atoms. The molecule has 1 aromatic rings. The third-order valence-corrected chi connectivity index (χ3v) is 3.68. The Morgan fingerprint density at radius 3 is 2.52 bits per heavy atom. The van der Waals surface area contributed by atoms with Crippen molar-refractivity contribution in [1.29, 1.82) is 0 Å². The van der Waals surface area contributed by atoms with E-state index < -0.39 is 23.8 Å². The molecular formula is C15H18F3NO2. The highest BCUT2D eigenvalue weighted by atomic mass is 19.4. The fourth-order valence-electron chi connectivity index (χ4n) is 2.55. The van der Waals surface area contributed by atoms with Crippen LogP contribution in [0.25, 0.3) is 0 Å². The van der Waals surface area contributed by atoms with Crippen molar-refractivity contribution in [3.8, 4) is 0 Å². The van der Waals surface area contributed by atoms with Gasteiger partial charge in [0.05, 0.1) is 11.7 Å². The lowest BCUT2D eigenvalue weighted by atomic mass is 9.94. The number of carbonyl (C=O) groups excluding carboxylic acids is 1. The number of likely N-dealkylation sites (tertiary alicyclic amines) is 1. The van der Waals surface area contributed by atoms with E-state index in [-0.39, 0.29) is 23.6 Å². The Labute approximate surface area is 121 Å². The molecule has 1 aliphatic heterocycles. The minimum absolute atomic E-state index is 0.0147. The Bertz CT molecular complexity index is 540. The summed E-state index contributed by atoms with van der Waals surface area (Å²) in [4.78, 5) is 13.6. The van der Waals surface area contributed by atoms with Crippen LogP contribution in [0.2, 0.25) is 0 Å². The van der Waals surface area contributed by atoms with E-state index in [0.717, 1.165) is 6.07 Å². The van der Waals surface area contributed by atoms with E-state index in [1.807, 2.05) is 0 Å². The molecule has 6 heteroatoms. The average Bonchev–Trinajstić information content (AvgIpc) is 2.82. The van der Waals surface area contributed by atoms with Gasteiger partial charge in [0.2, 0.25) is 0 Å². The van der Waals surface area contributed by atoms with Crippen LogP contribution in [-0.2, 0) is 6.18 Å². The Hall–Kier alpha value is -1.56. The molecule has 0 saturated carbocycles. The first kappa shape index (κ1) is 15.8. The number of benzene rings is 1. The number of β-amino-alcohol motifs (C(OH)–C–C–N with tert-alkyl or cyclic N) is 1. The van der Waals surface area contributed by atoms with Crippen LogP contribution in [0.15, 0.2) is 18.2 Å². The zero-order chi connectivity index (χ0) is 15.8. The van der Waals surface area contributed by atoms with Gasteiger partial charge in [-0.1, -0.05) is 19.9 Å². The molecule has 1 N–H and O–H groups in total. The summed E-state index contributed by atoms with van der Waals surface area (Å²) in [6.45, 7) is 3.91. The molecule has 3 nitrogen and oxygen atoms in total. The van der Waals surface area contributed by atoms with Crippen molar-refractivity contribution in [2.24, 2.45) is 0 Å². The molecule has 0 unspecified atom stereocenters. The Balaban J connectivity index is 2.36. The molecule has 0 aliphatic carbocycles. The molecule has 21 heavy (non-hydrogen) atoms.